The van der Waals surface area contributed by atoms with Crippen LogP contribution in [0.3, 0.4) is 0 Å². The predicted octanol–water partition coefficient (Wildman–Crippen LogP) is 1.45. The first-order chi connectivity index (χ1) is 6.22. The minimum Gasteiger partial charge on any atom is -0.423 e. The molecule has 0 unspecified atom stereocenters. The van der Waals surface area contributed by atoms with Crippen molar-refractivity contribution in [2.75, 3.05) is 0 Å². The molecule has 0 radical (unpaired) electrons. The van der Waals surface area contributed by atoms with Crippen molar-refractivity contribution < 1.29 is 9.68 Å². The smallest absolute Gasteiger partial charge is 0.423 e. The molecule has 1 aliphatic rings. The monoisotopic (exact) mass is 260 g/mol. The van der Waals surface area contributed by atoms with Gasteiger partial charge in [-0.3, -0.25) is 0 Å². The number of benzene rings is 1. The zero-order valence-corrected chi connectivity index (χ0v) is 9.10. The fourth-order valence-electron chi connectivity index (χ4n) is 1.46. The molecular weight excluding hydrogens is 254 g/mol. The SMILES string of the molecule is OB1OCc2cc(CBr)cc(Cl)c21. The number of rotatable bonds is 1. The Morgan fingerprint density at radius 1 is 1.62 bits per heavy atom. The molecule has 0 saturated heterocycles. The lowest BCUT2D eigenvalue weighted by Gasteiger charge is -2.03. The summed E-state index contributed by atoms with van der Waals surface area (Å²) in [6, 6.07) is 3.83. The van der Waals surface area contributed by atoms with Crippen molar-refractivity contribution in [3.63, 3.8) is 0 Å². The number of halogens is 2. The fourth-order valence-corrected chi connectivity index (χ4v) is 2.14. The van der Waals surface area contributed by atoms with Crippen LogP contribution in [0.1, 0.15) is 11.1 Å². The van der Waals surface area contributed by atoms with Gasteiger partial charge in [-0.2, -0.15) is 0 Å². The summed E-state index contributed by atoms with van der Waals surface area (Å²) in [6.45, 7) is 0.442. The summed E-state index contributed by atoms with van der Waals surface area (Å²) in [5.74, 6) is 0. The largest absolute Gasteiger partial charge is 0.493 e. The molecule has 1 aliphatic heterocycles. The highest BCUT2D eigenvalue weighted by atomic mass is 79.9. The Balaban J connectivity index is 2.53. The molecule has 1 aromatic rings. The van der Waals surface area contributed by atoms with Crippen molar-refractivity contribution in [2.24, 2.45) is 0 Å². The Labute approximate surface area is 90.1 Å². The molecule has 2 nitrogen and oxygen atoms in total. The summed E-state index contributed by atoms with van der Waals surface area (Å²) in [7, 11) is -0.855. The summed E-state index contributed by atoms with van der Waals surface area (Å²) in [5.41, 5.74) is 2.79. The zero-order valence-electron chi connectivity index (χ0n) is 6.76. The number of hydrogen-bond donors (Lipinski definition) is 1. The van der Waals surface area contributed by atoms with E-state index in [1.807, 2.05) is 12.1 Å². The maximum Gasteiger partial charge on any atom is 0.493 e. The van der Waals surface area contributed by atoms with Gasteiger partial charge in [0.25, 0.3) is 0 Å². The van der Waals surface area contributed by atoms with Gasteiger partial charge in [0.1, 0.15) is 0 Å². The van der Waals surface area contributed by atoms with E-state index in [0.29, 0.717) is 17.1 Å². The molecule has 1 heterocycles. The van der Waals surface area contributed by atoms with Crippen molar-refractivity contribution in [3.8, 4) is 0 Å². The van der Waals surface area contributed by atoms with E-state index >= 15 is 0 Å². The third-order valence-electron chi connectivity index (χ3n) is 2.07. The van der Waals surface area contributed by atoms with Gasteiger partial charge < -0.3 is 9.68 Å². The molecule has 13 heavy (non-hydrogen) atoms. The highest BCUT2D eigenvalue weighted by molar-refractivity contribution is 9.08. The van der Waals surface area contributed by atoms with E-state index in [1.54, 1.807) is 0 Å². The molecule has 0 aliphatic carbocycles. The molecular formula is C8H7BBrClO2. The first kappa shape index (κ1) is 9.53. The first-order valence-electron chi connectivity index (χ1n) is 3.89. The van der Waals surface area contributed by atoms with Gasteiger partial charge in [-0.05, 0) is 17.2 Å². The van der Waals surface area contributed by atoms with Crippen LogP contribution in [0.15, 0.2) is 12.1 Å². The Bertz CT molecular complexity index is 345. The van der Waals surface area contributed by atoms with E-state index in [2.05, 4.69) is 15.9 Å². The van der Waals surface area contributed by atoms with E-state index < -0.39 is 7.12 Å². The van der Waals surface area contributed by atoms with Crippen LogP contribution in [0, 0.1) is 0 Å². The molecule has 0 fully saturated rings. The van der Waals surface area contributed by atoms with Crippen LogP contribution in [-0.4, -0.2) is 12.1 Å². The number of fused-ring (bicyclic) bond motifs is 1. The second-order valence-corrected chi connectivity index (χ2v) is 3.92. The maximum absolute atomic E-state index is 9.41. The minimum absolute atomic E-state index is 0.442. The van der Waals surface area contributed by atoms with Crippen LogP contribution in [0.5, 0.6) is 0 Å². The Morgan fingerprint density at radius 3 is 3.08 bits per heavy atom. The van der Waals surface area contributed by atoms with Gasteiger partial charge in [-0.15, -0.1) is 0 Å². The number of hydrogen-bond acceptors (Lipinski definition) is 2. The van der Waals surface area contributed by atoms with Crippen LogP contribution in [0.2, 0.25) is 5.02 Å². The normalized spacial score (nSPS) is 14.8. The third kappa shape index (κ3) is 1.64. The molecule has 0 aromatic heterocycles. The van der Waals surface area contributed by atoms with E-state index in [0.717, 1.165) is 16.5 Å². The molecule has 1 aromatic carbocycles. The second kappa shape index (κ2) is 3.61. The quantitative estimate of drug-likeness (QED) is 0.612. The Hall–Kier alpha value is -0.0251. The van der Waals surface area contributed by atoms with Gasteiger partial charge in [0.15, 0.2) is 0 Å². The lowest BCUT2D eigenvalue weighted by molar-refractivity contribution is 0.275. The molecule has 0 atom stereocenters. The van der Waals surface area contributed by atoms with E-state index in [9.17, 15) is 5.02 Å². The lowest BCUT2D eigenvalue weighted by atomic mass is 9.79. The molecule has 5 heteroatoms. The zero-order chi connectivity index (χ0) is 9.42. The van der Waals surface area contributed by atoms with Crippen molar-refractivity contribution in [2.45, 2.75) is 11.9 Å². The molecule has 2 rings (SSSR count). The van der Waals surface area contributed by atoms with Gasteiger partial charge >= 0.3 is 7.12 Å². The Kier molecular flexibility index (Phi) is 2.65. The number of alkyl halides is 1. The van der Waals surface area contributed by atoms with E-state index in [-0.39, 0.29) is 0 Å². The highest BCUT2D eigenvalue weighted by Crippen LogP contribution is 2.20. The average molecular weight is 261 g/mol. The molecule has 0 amide bonds. The van der Waals surface area contributed by atoms with Crippen LogP contribution in [0.4, 0.5) is 0 Å². The van der Waals surface area contributed by atoms with Crippen LogP contribution in [0.25, 0.3) is 0 Å². The van der Waals surface area contributed by atoms with Gasteiger partial charge in [0.05, 0.1) is 6.61 Å². The molecule has 1 N–H and O–H groups in total. The Morgan fingerprint density at radius 2 is 2.38 bits per heavy atom. The molecule has 68 valence electrons. The van der Waals surface area contributed by atoms with Gasteiger partial charge in [-0.1, -0.05) is 33.6 Å². The van der Waals surface area contributed by atoms with Crippen LogP contribution >= 0.6 is 27.5 Å². The van der Waals surface area contributed by atoms with Crippen molar-refractivity contribution in [1.82, 2.24) is 0 Å². The predicted molar refractivity (Wildman–Crippen MR) is 56.5 cm³/mol. The van der Waals surface area contributed by atoms with Crippen molar-refractivity contribution >= 4 is 40.1 Å². The maximum atomic E-state index is 9.41. The summed E-state index contributed by atoms with van der Waals surface area (Å²) in [6.07, 6.45) is 0. The summed E-state index contributed by atoms with van der Waals surface area (Å²) < 4.78 is 5.06. The minimum atomic E-state index is -0.855. The van der Waals surface area contributed by atoms with Crippen molar-refractivity contribution in [3.05, 3.63) is 28.3 Å². The van der Waals surface area contributed by atoms with Crippen LogP contribution in [-0.2, 0) is 16.6 Å². The van der Waals surface area contributed by atoms with Gasteiger partial charge in [0, 0.05) is 15.8 Å². The summed E-state index contributed by atoms with van der Waals surface area (Å²) in [5, 5.41) is 10.7. The topological polar surface area (TPSA) is 29.5 Å². The third-order valence-corrected chi connectivity index (χ3v) is 3.03. The summed E-state index contributed by atoms with van der Waals surface area (Å²) >= 11 is 9.34. The second-order valence-electron chi connectivity index (χ2n) is 2.95. The van der Waals surface area contributed by atoms with Gasteiger partial charge in [0.2, 0.25) is 0 Å². The van der Waals surface area contributed by atoms with Crippen molar-refractivity contribution in [1.29, 1.82) is 0 Å². The molecule has 0 saturated carbocycles. The van der Waals surface area contributed by atoms with E-state index in [1.165, 1.54) is 0 Å². The van der Waals surface area contributed by atoms with Gasteiger partial charge in [-0.25, -0.2) is 0 Å². The van der Waals surface area contributed by atoms with E-state index in [4.69, 9.17) is 16.3 Å². The average Bonchev–Trinajstić information content (AvgIpc) is 2.48. The standard InChI is InChI=1S/C8H7BBrClO2/c10-3-5-1-6-4-13-9(12)8(6)7(11)2-5/h1-2,12H,3-4H2. The van der Waals surface area contributed by atoms with Crippen LogP contribution < -0.4 is 5.46 Å². The molecule has 0 spiro atoms. The first-order valence-corrected chi connectivity index (χ1v) is 5.39. The lowest BCUT2D eigenvalue weighted by Crippen LogP contribution is -2.29. The highest BCUT2D eigenvalue weighted by Gasteiger charge is 2.30. The summed E-state index contributed by atoms with van der Waals surface area (Å²) in [4.78, 5) is 0. The fraction of sp³-hybridized carbons (Fsp3) is 0.250. The molecule has 0 bridgehead atoms.